The number of aryl methyl sites for hydroxylation is 2. The largest absolute Gasteiger partial charge is 0.299 e. The number of hydrogen-bond acceptors (Lipinski definition) is 1. The molecule has 1 aromatic carbocycles. The molecule has 0 saturated heterocycles. The zero-order valence-electron chi connectivity index (χ0n) is 10.6. The monoisotopic (exact) mass is 239 g/mol. The van der Waals surface area contributed by atoms with Gasteiger partial charge >= 0.3 is 0 Å². The van der Waals surface area contributed by atoms with E-state index in [4.69, 9.17) is 11.6 Å². The third-order valence-corrected chi connectivity index (χ3v) is 3.30. The normalized spacial score (nSPS) is 11.1. The Hall–Kier alpha value is -0.530. The van der Waals surface area contributed by atoms with Gasteiger partial charge in [-0.1, -0.05) is 25.1 Å². The van der Waals surface area contributed by atoms with E-state index in [0.29, 0.717) is 0 Å². The number of nitrogens with zero attached hydrogens (tertiary/aromatic N) is 1. The molecule has 0 saturated carbocycles. The minimum Gasteiger partial charge on any atom is -0.299 e. The first-order chi connectivity index (χ1) is 7.67. The molecule has 1 nitrogen and oxygen atoms in total. The minimum atomic E-state index is 0.753. The maximum absolute atomic E-state index is 5.72. The van der Waals surface area contributed by atoms with E-state index >= 15 is 0 Å². The lowest BCUT2D eigenvalue weighted by molar-refractivity contribution is 0.281. The molecule has 0 heterocycles. The number of rotatable bonds is 6. The van der Waals surface area contributed by atoms with Crippen LogP contribution in [0.2, 0.25) is 0 Å². The minimum absolute atomic E-state index is 0.753. The van der Waals surface area contributed by atoms with E-state index in [1.807, 2.05) is 0 Å². The molecule has 0 aromatic heterocycles. The quantitative estimate of drug-likeness (QED) is 0.684. The van der Waals surface area contributed by atoms with E-state index in [1.54, 1.807) is 0 Å². The molecule has 16 heavy (non-hydrogen) atoms. The Kier molecular flexibility index (Phi) is 5.86. The highest BCUT2D eigenvalue weighted by Crippen LogP contribution is 2.12. The summed E-state index contributed by atoms with van der Waals surface area (Å²) < 4.78 is 0. The van der Waals surface area contributed by atoms with Gasteiger partial charge in [-0.3, -0.25) is 4.90 Å². The van der Waals surface area contributed by atoms with Crippen LogP contribution in [0.25, 0.3) is 0 Å². The van der Waals surface area contributed by atoms with Crippen LogP contribution in [-0.2, 0) is 6.54 Å². The molecular formula is C14H22ClN. The second-order valence-corrected chi connectivity index (χ2v) is 4.71. The van der Waals surface area contributed by atoms with E-state index in [2.05, 4.69) is 43.9 Å². The van der Waals surface area contributed by atoms with Crippen molar-refractivity contribution in [3.05, 3.63) is 34.9 Å². The molecular weight excluding hydrogens is 218 g/mol. The zero-order valence-corrected chi connectivity index (χ0v) is 11.3. The van der Waals surface area contributed by atoms with Gasteiger partial charge in [-0.15, -0.1) is 11.6 Å². The van der Waals surface area contributed by atoms with Gasteiger partial charge in [0.15, 0.2) is 0 Å². The van der Waals surface area contributed by atoms with Gasteiger partial charge in [0.1, 0.15) is 0 Å². The molecule has 0 N–H and O–H groups in total. The lowest BCUT2D eigenvalue weighted by atomic mass is 10.1. The number of alkyl halides is 1. The van der Waals surface area contributed by atoms with E-state index in [-0.39, 0.29) is 0 Å². The van der Waals surface area contributed by atoms with Crippen molar-refractivity contribution in [2.24, 2.45) is 0 Å². The van der Waals surface area contributed by atoms with Crippen molar-refractivity contribution in [3.8, 4) is 0 Å². The highest BCUT2D eigenvalue weighted by Gasteiger charge is 2.04. The van der Waals surface area contributed by atoms with E-state index in [1.165, 1.54) is 16.7 Å². The molecule has 0 fully saturated rings. The number of hydrogen-bond donors (Lipinski definition) is 0. The van der Waals surface area contributed by atoms with Gasteiger partial charge < -0.3 is 0 Å². The third kappa shape index (κ3) is 4.15. The zero-order chi connectivity index (χ0) is 12.0. The summed E-state index contributed by atoms with van der Waals surface area (Å²) in [6.45, 7) is 9.75. The molecule has 2 heteroatoms. The van der Waals surface area contributed by atoms with Crippen molar-refractivity contribution >= 4 is 11.6 Å². The molecule has 0 bridgehead atoms. The second kappa shape index (κ2) is 6.93. The van der Waals surface area contributed by atoms with Crippen LogP contribution in [0.4, 0.5) is 0 Å². The molecule has 0 amide bonds. The van der Waals surface area contributed by atoms with Crippen molar-refractivity contribution in [1.29, 1.82) is 0 Å². The van der Waals surface area contributed by atoms with Crippen LogP contribution >= 0.6 is 11.6 Å². The van der Waals surface area contributed by atoms with Crippen molar-refractivity contribution in [2.75, 3.05) is 19.0 Å². The highest BCUT2D eigenvalue weighted by atomic mass is 35.5. The van der Waals surface area contributed by atoms with Crippen molar-refractivity contribution < 1.29 is 0 Å². The number of halogens is 1. The van der Waals surface area contributed by atoms with E-state index in [0.717, 1.165) is 31.9 Å². The summed E-state index contributed by atoms with van der Waals surface area (Å²) in [7, 11) is 0. The Morgan fingerprint density at radius 1 is 1.19 bits per heavy atom. The van der Waals surface area contributed by atoms with Crippen LogP contribution in [0.3, 0.4) is 0 Å². The van der Waals surface area contributed by atoms with Crippen LogP contribution in [0.5, 0.6) is 0 Å². The van der Waals surface area contributed by atoms with Gasteiger partial charge in [0.2, 0.25) is 0 Å². The fourth-order valence-electron chi connectivity index (χ4n) is 1.79. The van der Waals surface area contributed by atoms with E-state index in [9.17, 15) is 0 Å². The molecule has 1 aromatic rings. The molecule has 0 unspecified atom stereocenters. The SMILES string of the molecule is CCN(CCCCl)Cc1ccc(C)c(C)c1. The Morgan fingerprint density at radius 2 is 1.94 bits per heavy atom. The van der Waals surface area contributed by atoms with Crippen molar-refractivity contribution in [1.82, 2.24) is 4.90 Å². The molecule has 1 rings (SSSR count). The lowest BCUT2D eigenvalue weighted by Crippen LogP contribution is -2.24. The van der Waals surface area contributed by atoms with Gasteiger partial charge in [0.05, 0.1) is 0 Å². The Bertz CT molecular complexity index is 323. The third-order valence-electron chi connectivity index (χ3n) is 3.03. The van der Waals surface area contributed by atoms with E-state index < -0.39 is 0 Å². The highest BCUT2D eigenvalue weighted by molar-refractivity contribution is 6.17. The van der Waals surface area contributed by atoms with Gasteiger partial charge in [-0.25, -0.2) is 0 Å². The summed E-state index contributed by atoms with van der Waals surface area (Å²) >= 11 is 5.72. The van der Waals surface area contributed by atoms with Crippen LogP contribution in [0.15, 0.2) is 18.2 Å². The summed E-state index contributed by atoms with van der Waals surface area (Å²) in [5.74, 6) is 0.753. The fourth-order valence-corrected chi connectivity index (χ4v) is 1.91. The topological polar surface area (TPSA) is 3.24 Å². The number of benzene rings is 1. The lowest BCUT2D eigenvalue weighted by Gasteiger charge is -2.20. The molecule has 0 aliphatic heterocycles. The Labute approximate surface area is 104 Å². The van der Waals surface area contributed by atoms with Crippen molar-refractivity contribution in [2.45, 2.75) is 33.7 Å². The van der Waals surface area contributed by atoms with Gasteiger partial charge in [0.25, 0.3) is 0 Å². The Balaban J connectivity index is 2.59. The second-order valence-electron chi connectivity index (χ2n) is 4.33. The van der Waals surface area contributed by atoms with Crippen LogP contribution in [-0.4, -0.2) is 23.9 Å². The molecule has 0 aliphatic rings. The van der Waals surface area contributed by atoms with Gasteiger partial charge in [-0.05, 0) is 50.0 Å². The summed E-state index contributed by atoms with van der Waals surface area (Å²) in [6.07, 6.45) is 1.07. The van der Waals surface area contributed by atoms with Crippen molar-refractivity contribution in [3.63, 3.8) is 0 Å². The Morgan fingerprint density at radius 3 is 2.50 bits per heavy atom. The van der Waals surface area contributed by atoms with Crippen LogP contribution in [0, 0.1) is 13.8 Å². The first-order valence-electron chi connectivity index (χ1n) is 6.01. The average Bonchev–Trinajstić information content (AvgIpc) is 2.29. The molecule has 0 radical (unpaired) electrons. The maximum Gasteiger partial charge on any atom is 0.0235 e. The summed E-state index contributed by atoms with van der Waals surface area (Å²) in [4.78, 5) is 2.44. The first-order valence-corrected chi connectivity index (χ1v) is 6.55. The summed E-state index contributed by atoms with van der Waals surface area (Å²) in [6, 6.07) is 6.73. The predicted octanol–water partition coefficient (Wildman–Crippen LogP) is 3.75. The molecule has 0 aliphatic carbocycles. The smallest absolute Gasteiger partial charge is 0.0235 e. The predicted molar refractivity (Wildman–Crippen MR) is 72.2 cm³/mol. The molecule has 0 spiro atoms. The maximum atomic E-state index is 5.72. The summed E-state index contributed by atoms with van der Waals surface area (Å²) in [5, 5.41) is 0. The fraction of sp³-hybridized carbons (Fsp3) is 0.571. The van der Waals surface area contributed by atoms with Gasteiger partial charge in [-0.2, -0.15) is 0 Å². The standard InChI is InChI=1S/C14H22ClN/c1-4-16(9-5-8-15)11-14-7-6-12(2)13(3)10-14/h6-7,10H,4-5,8-9,11H2,1-3H3. The molecule has 90 valence electrons. The summed E-state index contributed by atoms with van der Waals surface area (Å²) in [5.41, 5.74) is 4.15. The van der Waals surface area contributed by atoms with Gasteiger partial charge in [0, 0.05) is 12.4 Å². The van der Waals surface area contributed by atoms with Crippen LogP contribution < -0.4 is 0 Å². The first kappa shape index (κ1) is 13.5. The van der Waals surface area contributed by atoms with Crippen LogP contribution in [0.1, 0.15) is 30.0 Å². The average molecular weight is 240 g/mol. The molecule has 0 atom stereocenters.